The van der Waals surface area contributed by atoms with Gasteiger partial charge in [-0.15, -0.1) is 0 Å². The van der Waals surface area contributed by atoms with Gasteiger partial charge in [-0.05, 0) is 24.5 Å². The first kappa shape index (κ1) is 10.0. The summed E-state index contributed by atoms with van der Waals surface area (Å²) >= 11 is 0. The van der Waals surface area contributed by atoms with E-state index in [2.05, 4.69) is 4.98 Å². The summed E-state index contributed by atoms with van der Waals surface area (Å²) in [4.78, 5) is 15.9. The molecule has 0 radical (unpaired) electrons. The van der Waals surface area contributed by atoms with Crippen molar-refractivity contribution < 1.29 is 9.90 Å². The Morgan fingerprint density at radius 2 is 2.24 bits per heavy atom. The number of carbonyl (C=O) groups is 1. The van der Waals surface area contributed by atoms with Crippen molar-refractivity contribution in [1.82, 2.24) is 4.98 Å². The van der Waals surface area contributed by atoms with Crippen LogP contribution in [0.4, 0.5) is 0 Å². The highest BCUT2D eigenvalue weighted by atomic mass is 16.3. The van der Waals surface area contributed by atoms with E-state index in [0.717, 1.165) is 18.5 Å². The number of rotatable bonds is 1. The number of nitrogens with zero attached hydrogens (tertiary/aromatic N) is 2. The van der Waals surface area contributed by atoms with Gasteiger partial charge in [0.05, 0.1) is 0 Å². The summed E-state index contributed by atoms with van der Waals surface area (Å²) in [6.45, 7) is 0. The number of ketones is 1. The fourth-order valence-corrected chi connectivity index (χ4v) is 2.11. The highest BCUT2D eigenvalue weighted by Gasteiger charge is 2.29. The molecule has 0 atom stereocenters. The molecule has 0 bridgehead atoms. The minimum atomic E-state index is -0.335. The summed E-state index contributed by atoms with van der Waals surface area (Å²) < 4.78 is 0. The van der Waals surface area contributed by atoms with Crippen molar-refractivity contribution in [3.05, 3.63) is 34.7 Å². The van der Waals surface area contributed by atoms with Crippen LogP contribution in [-0.2, 0) is 11.2 Å². The summed E-state index contributed by atoms with van der Waals surface area (Å²) in [5.41, 5.74) is 2.11. The van der Waals surface area contributed by atoms with Crippen LogP contribution in [0.1, 0.15) is 35.6 Å². The molecule has 4 heteroatoms. The van der Waals surface area contributed by atoms with Crippen LogP contribution in [0, 0.1) is 11.3 Å². The molecule has 1 saturated carbocycles. The second kappa shape index (κ2) is 3.42. The lowest BCUT2D eigenvalue weighted by Gasteiger charge is -2.15. The predicted octanol–water partition coefficient (Wildman–Crippen LogP) is 1.88. The molecule has 1 N–H and O–H groups in total. The molecule has 1 fully saturated rings. The summed E-state index contributed by atoms with van der Waals surface area (Å²) in [5.74, 6) is -0.0437. The number of pyridine rings is 1. The zero-order valence-electron chi connectivity index (χ0n) is 9.10. The number of aliphatic hydroxyl groups is 1. The van der Waals surface area contributed by atoms with Crippen LogP contribution in [0.3, 0.4) is 0 Å². The lowest BCUT2D eigenvalue weighted by atomic mass is 9.90. The number of nitriles is 1. The first-order chi connectivity index (χ1) is 8.20. The molecule has 1 heterocycles. The topological polar surface area (TPSA) is 74.0 Å². The van der Waals surface area contributed by atoms with Crippen molar-refractivity contribution in [3.63, 3.8) is 0 Å². The molecule has 3 rings (SSSR count). The SMILES string of the molecule is N#CC1=C(O)c2cc(C3CC3)ncc2CC1=O. The Balaban J connectivity index is 2.16. The van der Waals surface area contributed by atoms with Gasteiger partial charge in [0.1, 0.15) is 17.4 Å². The van der Waals surface area contributed by atoms with Crippen LogP contribution in [0.25, 0.3) is 5.76 Å². The largest absolute Gasteiger partial charge is 0.506 e. The van der Waals surface area contributed by atoms with Crippen molar-refractivity contribution in [2.45, 2.75) is 25.2 Å². The minimum absolute atomic E-state index is 0.134. The molecule has 1 aromatic rings. The maximum absolute atomic E-state index is 11.6. The van der Waals surface area contributed by atoms with Crippen molar-refractivity contribution in [1.29, 1.82) is 5.26 Å². The molecule has 0 unspecified atom stereocenters. The number of hydrogen-bond acceptors (Lipinski definition) is 4. The van der Waals surface area contributed by atoms with E-state index in [4.69, 9.17) is 5.26 Å². The molecule has 1 aromatic heterocycles. The number of aliphatic hydroxyl groups excluding tert-OH is 1. The molecule has 17 heavy (non-hydrogen) atoms. The molecule has 0 spiro atoms. The molecule has 2 aliphatic rings. The van der Waals surface area contributed by atoms with E-state index in [0.29, 0.717) is 17.0 Å². The fourth-order valence-electron chi connectivity index (χ4n) is 2.11. The Labute approximate surface area is 98.2 Å². The van der Waals surface area contributed by atoms with Crippen molar-refractivity contribution in [2.24, 2.45) is 0 Å². The summed E-state index contributed by atoms with van der Waals surface area (Å²) in [7, 11) is 0. The predicted molar refractivity (Wildman–Crippen MR) is 60.1 cm³/mol. The van der Waals surface area contributed by atoms with Crippen molar-refractivity contribution >= 4 is 11.5 Å². The van der Waals surface area contributed by atoms with E-state index in [1.807, 2.05) is 6.07 Å². The van der Waals surface area contributed by atoms with Gasteiger partial charge >= 0.3 is 0 Å². The monoisotopic (exact) mass is 226 g/mol. The van der Waals surface area contributed by atoms with Gasteiger partial charge in [0.25, 0.3) is 0 Å². The van der Waals surface area contributed by atoms with E-state index < -0.39 is 0 Å². The fraction of sp³-hybridized carbons (Fsp3) is 0.308. The number of fused-ring (bicyclic) bond motifs is 1. The molecule has 84 valence electrons. The van der Waals surface area contributed by atoms with Crippen LogP contribution in [-0.4, -0.2) is 15.9 Å². The molecule has 0 saturated heterocycles. The van der Waals surface area contributed by atoms with Gasteiger partial charge in [0.2, 0.25) is 0 Å². The van der Waals surface area contributed by atoms with Crippen LogP contribution in [0.5, 0.6) is 0 Å². The summed E-state index contributed by atoms with van der Waals surface area (Å²) in [5, 5.41) is 18.8. The number of allylic oxidation sites excluding steroid dienone is 1. The van der Waals surface area contributed by atoms with Gasteiger partial charge in [0, 0.05) is 29.8 Å². The van der Waals surface area contributed by atoms with Crippen molar-refractivity contribution in [2.75, 3.05) is 0 Å². The Hall–Kier alpha value is -2.15. The third-order valence-corrected chi connectivity index (χ3v) is 3.24. The Morgan fingerprint density at radius 1 is 1.47 bits per heavy atom. The smallest absolute Gasteiger partial charge is 0.181 e. The van der Waals surface area contributed by atoms with Crippen LogP contribution < -0.4 is 0 Å². The van der Waals surface area contributed by atoms with Crippen LogP contribution >= 0.6 is 0 Å². The second-order valence-electron chi connectivity index (χ2n) is 4.48. The Kier molecular flexibility index (Phi) is 2.02. The van der Waals surface area contributed by atoms with Gasteiger partial charge in [0.15, 0.2) is 5.78 Å². The van der Waals surface area contributed by atoms with Gasteiger partial charge in [-0.25, -0.2) is 0 Å². The molecule has 0 amide bonds. The third kappa shape index (κ3) is 1.51. The Morgan fingerprint density at radius 3 is 2.88 bits per heavy atom. The number of Topliss-reactive ketones (excluding diaryl/α,β-unsaturated/α-hetero) is 1. The summed E-state index contributed by atoms with van der Waals surface area (Å²) in [6, 6.07) is 3.58. The minimum Gasteiger partial charge on any atom is -0.506 e. The van der Waals surface area contributed by atoms with E-state index in [9.17, 15) is 9.90 Å². The zero-order valence-corrected chi connectivity index (χ0v) is 9.10. The van der Waals surface area contributed by atoms with Gasteiger partial charge < -0.3 is 5.11 Å². The lowest BCUT2D eigenvalue weighted by molar-refractivity contribution is -0.114. The number of hydrogen-bond donors (Lipinski definition) is 1. The molecular weight excluding hydrogens is 216 g/mol. The van der Waals surface area contributed by atoms with Gasteiger partial charge in [-0.1, -0.05) is 0 Å². The molecule has 0 aromatic carbocycles. The maximum Gasteiger partial charge on any atom is 0.181 e. The van der Waals surface area contributed by atoms with Crippen LogP contribution in [0.2, 0.25) is 0 Å². The standard InChI is InChI=1S/C13H10N2O2/c14-5-10-12(16)3-8-6-15-11(7-1-2-7)4-9(8)13(10)17/h4,6-7,17H,1-3H2. The van der Waals surface area contributed by atoms with E-state index >= 15 is 0 Å². The highest BCUT2D eigenvalue weighted by molar-refractivity contribution is 6.08. The average molecular weight is 226 g/mol. The third-order valence-electron chi connectivity index (χ3n) is 3.24. The molecule has 4 nitrogen and oxygen atoms in total. The number of aromatic nitrogens is 1. The maximum atomic E-state index is 11.6. The quantitative estimate of drug-likeness (QED) is 0.793. The highest BCUT2D eigenvalue weighted by Crippen LogP contribution is 2.40. The van der Waals surface area contributed by atoms with E-state index in [1.54, 1.807) is 12.3 Å². The zero-order chi connectivity index (χ0) is 12.0. The van der Waals surface area contributed by atoms with Gasteiger partial charge in [-0.3, -0.25) is 9.78 Å². The number of carbonyl (C=O) groups excluding carboxylic acids is 1. The first-order valence-electron chi connectivity index (χ1n) is 5.56. The summed E-state index contributed by atoms with van der Waals surface area (Å²) in [6.07, 6.45) is 4.05. The van der Waals surface area contributed by atoms with Crippen LogP contribution in [0.15, 0.2) is 17.8 Å². The molecular formula is C13H10N2O2. The molecule has 2 aliphatic carbocycles. The second-order valence-corrected chi connectivity index (χ2v) is 4.48. The molecule has 0 aliphatic heterocycles. The van der Waals surface area contributed by atoms with E-state index in [-0.39, 0.29) is 23.5 Å². The average Bonchev–Trinajstić information content (AvgIpc) is 3.13. The first-order valence-corrected chi connectivity index (χ1v) is 5.56. The van der Waals surface area contributed by atoms with E-state index in [1.165, 1.54) is 0 Å². The lowest BCUT2D eigenvalue weighted by Crippen LogP contribution is -2.15. The Bertz CT molecular complexity index is 592. The van der Waals surface area contributed by atoms with Gasteiger partial charge in [-0.2, -0.15) is 5.26 Å². The normalized spacial score (nSPS) is 18.9. The van der Waals surface area contributed by atoms with Crippen molar-refractivity contribution in [3.8, 4) is 6.07 Å².